The molecule has 1 heterocycles. The molecule has 1 saturated heterocycles. The first kappa shape index (κ1) is 11.0. The summed E-state index contributed by atoms with van der Waals surface area (Å²) in [4.78, 5) is 2.75. The van der Waals surface area contributed by atoms with Crippen LogP contribution in [0, 0.1) is 0 Å². The second-order valence-corrected chi connectivity index (χ2v) is 4.38. The Balaban J connectivity index is 2.50. The van der Waals surface area contributed by atoms with E-state index in [-0.39, 0.29) is 0 Å². The van der Waals surface area contributed by atoms with Gasteiger partial charge in [-0.2, -0.15) is 0 Å². The molecule has 0 amide bonds. The molecular formula is C12H25N. The van der Waals surface area contributed by atoms with Crippen LogP contribution in [-0.2, 0) is 0 Å². The molecule has 0 unspecified atom stereocenters. The smallest absolute Gasteiger partial charge is 0.0204 e. The summed E-state index contributed by atoms with van der Waals surface area (Å²) in [6, 6.07) is 0. The largest absolute Gasteiger partial charge is 0.298 e. The molecule has 1 aliphatic rings. The van der Waals surface area contributed by atoms with Gasteiger partial charge in [0.25, 0.3) is 0 Å². The Kier molecular flexibility index (Phi) is 4.24. The molecule has 78 valence electrons. The van der Waals surface area contributed by atoms with Crippen LogP contribution < -0.4 is 0 Å². The SMILES string of the molecule is CCCCN1CCCC1(CC)CC. The minimum Gasteiger partial charge on any atom is -0.298 e. The van der Waals surface area contributed by atoms with Gasteiger partial charge in [-0.1, -0.05) is 27.2 Å². The minimum absolute atomic E-state index is 0.579. The highest BCUT2D eigenvalue weighted by atomic mass is 15.2. The van der Waals surface area contributed by atoms with Gasteiger partial charge in [0.15, 0.2) is 0 Å². The zero-order chi connectivity index (χ0) is 9.73. The van der Waals surface area contributed by atoms with Gasteiger partial charge in [0, 0.05) is 5.54 Å². The molecule has 1 nitrogen and oxygen atoms in total. The van der Waals surface area contributed by atoms with Gasteiger partial charge in [-0.15, -0.1) is 0 Å². The van der Waals surface area contributed by atoms with E-state index in [1.54, 1.807) is 0 Å². The van der Waals surface area contributed by atoms with E-state index in [2.05, 4.69) is 25.7 Å². The monoisotopic (exact) mass is 183 g/mol. The van der Waals surface area contributed by atoms with Crippen molar-refractivity contribution in [3.63, 3.8) is 0 Å². The molecule has 0 aromatic heterocycles. The number of hydrogen-bond acceptors (Lipinski definition) is 1. The van der Waals surface area contributed by atoms with E-state index in [0.717, 1.165) is 0 Å². The van der Waals surface area contributed by atoms with Crippen LogP contribution in [0.25, 0.3) is 0 Å². The molecule has 13 heavy (non-hydrogen) atoms. The zero-order valence-corrected chi connectivity index (χ0v) is 9.60. The van der Waals surface area contributed by atoms with Crippen LogP contribution in [0.2, 0.25) is 0 Å². The lowest BCUT2D eigenvalue weighted by atomic mass is 9.90. The third-order valence-electron chi connectivity index (χ3n) is 3.84. The van der Waals surface area contributed by atoms with Crippen molar-refractivity contribution in [2.75, 3.05) is 13.1 Å². The lowest BCUT2D eigenvalue weighted by Gasteiger charge is -2.37. The van der Waals surface area contributed by atoms with E-state index in [1.807, 2.05) is 0 Å². The fraction of sp³-hybridized carbons (Fsp3) is 1.00. The topological polar surface area (TPSA) is 3.24 Å². The molecule has 0 spiro atoms. The standard InChI is InChI=1S/C12H25N/c1-4-7-10-13-11-8-9-12(13,5-2)6-3/h4-11H2,1-3H3. The number of hydrogen-bond donors (Lipinski definition) is 0. The lowest BCUT2D eigenvalue weighted by molar-refractivity contribution is 0.125. The van der Waals surface area contributed by atoms with E-state index < -0.39 is 0 Å². The molecule has 0 radical (unpaired) electrons. The van der Waals surface area contributed by atoms with Crippen LogP contribution in [0.4, 0.5) is 0 Å². The van der Waals surface area contributed by atoms with Crippen molar-refractivity contribution in [3.05, 3.63) is 0 Å². The van der Waals surface area contributed by atoms with Gasteiger partial charge in [0.1, 0.15) is 0 Å². The first-order chi connectivity index (χ1) is 6.29. The summed E-state index contributed by atoms with van der Waals surface area (Å²) in [5.74, 6) is 0. The van der Waals surface area contributed by atoms with Crippen molar-refractivity contribution in [3.8, 4) is 0 Å². The molecule has 1 fully saturated rings. The predicted octanol–water partition coefficient (Wildman–Crippen LogP) is 3.44. The maximum absolute atomic E-state index is 2.75. The number of likely N-dealkylation sites (tertiary alicyclic amines) is 1. The quantitative estimate of drug-likeness (QED) is 0.631. The first-order valence-electron chi connectivity index (χ1n) is 6.04. The van der Waals surface area contributed by atoms with Gasteiger partial charge in [-0.3, -0.25) is 4.90 Å². The molecule has 1 rings (SSSR count). The van der Waals surface area contributed by atoms with Crippen molar-refractivity contribution < 1.29 is 0 Å². The lowest BCUT2D eigenvalue weighted by Crippen LogP contribution is -2.43. The number of nitrogens with zero attached hydrogens (tertiary/aromatic N) is 1. The Morgan fingerprint density at radius 2 is 1.85 bits per heavy atom. The van der Waals surface area contributed by atoms with Crippen molar-refractivity contribution >= 4 is 0 Å². The van der Waals surface area contributed by atoms with Crippen LogP contribution in [0.1, 0.15) is 59.3 Å². The van der Waals surface area contributed by atoms with E-state index in [4.69, 9.17) is 0 Å². The third-order valence-corrected chi connectivity index (χ3v) is 3.84. The van der Waals surface area contributed by atoms with Crippen LogP contribution in [0.15, 0.2) is 0 Å². The Bertz CT molecular complexity index is 138. The van der Waals surface area contributed by atoms with Gasteiger partial charge < -0.3 is 0 Å². The summed E-state index contributed by atoms with van der Waals surface area (Å²) in [6.07, 6.45) is 8.25. The molecule has 0 saturated carbocycles. The fourth-order valence-electron chi connectivity index (χ4n) is 2.74. The van der Waals surface area contributed by atoms with Gasteiger partial charge in [0.2, 0.25) is 0 Å². The van der Waals surface area contributed by atoms with Crippen LogP contribution in [0.5, 0.6) is 0 Å². The molecule has 0 bridgehead atoms. The molecule has 1 heteroatoms. The van der Waals surface area contributed by atoms with E-state index >= 15 is 0 Å². The predicted molar refractivity (Wildman–Crippen MR) is 59.0 cm³/mol. The molecule has 0 aromatic carbocycles. The summed E-state index contributed by atoms with van der Waals surface area (Å²) in [7, 11) is 0. The molecule has 1 aliphatic heterocycles. The highest BCUT2D eigenvalue weighted by Gasteiger charge is 2.36. The Morgan fingerprint density at radius 1 is 1.15 bits per heavy atom. The van der Waals surface area contributed by atoms with Crippen LogP contribution in [-0.4, -0.2) is 23.5 Å². The second kappa shape index (κ2) is 4.99. The van der Waals surface area contributed by atoms with Gasteiger partial charge in [0.05, 0.1) is 0 Å². The van der Waals surface area contributed by atoms with E-state index in [9.17, 15) is 0 Å². The Morgan fingerprint density at radius 3 is 2.38 bits per heavy atom. The van der Waals surface area contributed by atoms with Crippen LogP contribution in [0.3, 0.4) is 0 Å². The van der Waals surface area contributed by atoms with Crippen molar-refractivity contribution in [1.29, 1.82) is 0 Å². The molecule has 0 aromatic rings. The highest BCUT2D eigenvalue weighted by molar-refractivity contribution is 4.93. The molecular weight excluding hydrogens is 158 g/mol. The van der Waals surface area contributed by atoms with Gasteiger partial charge in [-0.05, 0) is 45.2 Å². The average molecular weight is 183 g/mol. The summed E-state index contributed by atoms with van der Waals surface area (Å²) >= 11 is 0. The number of rotatable bonds is 5. The fourth-order valence-corrected chi connectivity index (χ4v) is 2.74. The summed E-state index contributed by atoms with van der Waals surface area (Å²) in [5.41, 5.74) is 0.579. The summed E-state index contributed by atoms with van der Waals surface area (Å²) in [5, 5.41) is 0. The van der Waals surface area contributed by atoms with Crippen LogP contribution >= 0.6 is 0 Å². The van der Waals surface area contributed by atoms with Crippen molar-refractivity contribution in [2.24, 2.45) is 0 Å². The summed E-state index contributed by atoms with van der Waals surface area (Å²) < 4.78 is 0. The molecule has 0 atom stereocenters. The van der Waals surface area contributed by atoms with E-state index in [1.165, 1.54) is 51.6 Å². The van der Waals surface area contributed by atoms with Crippen molar-refractivity contribution in [2.45, 2.75) is 64.8 Å². The van der Waals surface area contributed by atoms with Gasteiger partial charge >= 0.3 is 0 Å². The minimum atomic E-state index is 0.579. The number of unbranched alkanes of at least 4 members (excludes halogenated alkanes) is 1. The highest BCUT2D eigenvalue weighted by Crippen LogP contribution is 2.35. The second-order valence-electron chi connectivity index (χ2n) is 4.38. The Labute approximate surface area is 83.5 Å². The average Bonchev–Trinajstić information content (AvgIpc) is 2.58. The Hall–Kier alpha value is -0.0400. The van der Waals surface area contributed by atoms with Crippen molar-refractivity contribution in [1.82, 2.24) is 4.90 Å². The first-order valence-corrected chi connectivity index (χ1v) is 6.04. The van der Waals surface area contributed by atoms with E-state index in [0.29, 0.717) is 5.54 Å². The van der Waals surface area contributed by atoms with Gasteiger partial charge in [-0.25, -0.2) is 0 Å². The summed E-state index contributed by atoms with van der Waals surface area (Å²) in [6.45, 7) is 9.68. The molecule has 0 aliphatic carbocycles. The third kappa shape index (κ3) is 2.25. The zero-order valence-electron chi connectivity index (χ0n) is 9.60. The molecule has 0 N–H and O–H groups in total. The maximum atomic E-state index is 2.75. The maximum Gasteiger partial charge on any atom is 0.0204 e. The normalized spacial score (nSPS) is 22.4.